The third-order valence-corrected chi connectivity index (χ3v) is 4.54. The van der Waals surface area contributed by atoms with Crippen LogP contribution in [0.5, 0.6) is 5.75 Å². The Morgan fingerprint density at radius 3 is 2.66 bits per heavy atom. The van der Waals surface area contributed by atoms with Crippen molar-refractivity contribution in [2.45, 2.75) is 0 Å². The van der Waals surface area contributed by atoms with Crippen LogP contribution in [0.3, 0.4) is 0 Å². The van der Waals surface area contributed by atoms with Gasteiger partial charge in [-0.25, -0.2) is 9.97 Å². The summed E-state index contributed by atoms with van der Waals surface area (Å²) in [4.78, 5) is 11.8. The van der Waals surface area contributed by atoms with Gasteiger partial charge in [0.2, 0.25) is 17.5 Å². The minimum Gasteiger partial charge on any atom is -0.488 e. The maximum absolute atomic E-state index is 9.28. The Hall–Kier alpha value is -2.57. The van der Waals surface area contributed by atoms with E-state index in [1.54, 1.807) is 18.5 Å². The molecule has 11 heteroatoms. The van der Waals surface area contributed by atoms with Crippen molar-refractivity contribution in [2.75, 3.05) is 31.7 Å². The number of nitrogens with one attached hydrogen (secondary N) is 1. The molecule has 0 aliphatic heterocycles. The van der Waals surface area contributed by atoms with E-state index in [9.17, 15) is 5.26 Å². The summed E-state index contributed by atoms with van der Waals surface area (Å²) in [6, 6.07) is 5.04. The highest BCUT2D eigenvalue weighted by Gasteiger charge is 2.18. The standard InChI is InChI=1S/C18H14Cl3N5O3/c19-11-5-13(16(21)14(20)6-11)17-26-15(7-22)18(29-17)25-1-2-27-3-4-28-12-8-23-10-24-9-12/h5-6,8-10,25H,1-4H2. The predicted molar refractivity (Wildman–Crippen MR) is 109 cm³/mol. The van der Waals surface area contributed by atoms with Gasteiger partial charge < -0.3 is 19.2 Å². The van der Waals surface area contributed by atoms with Gasteiger partial charge >= 0.3 is 0 Å². The highest BCUT2D eigenvalue weighted by molar-refractivity contribution is 6.44. The molecule has 8 nitrogen and oxygen atoms in total. The highest BCUT2D eigenvalue weighted by atomic mass is 35.5. The fraction of sp³-hybridized carbons (Fsp3) is 0.222. The Morgan fingerprint density at radius 1 is 1.10 bits per heavy atom. The first kappa shape index (κ1) is 21.1. The maximum atomic E-state index is 9.28. The summed E-state index contributed by atoms with van der Waals surface area (Å²) in [5.41, 5.74) is 0.478. The van der Waals surface area contributed by atoms with Gasteiger partial charge in [0, 0.05) is 11.6 Å². The van der Waals surface area contributed by atoms with E-state index in [2.05, 4.69) is 20.3 Å². The van der Waals surface area contributed by atoms with E-state index in [-0.39, 0.29) is 27.5 Å². The molecular weight excluding hydrogens is 441 g/mol. The summed E-state index contributed by atoms with van der Waals surface area (Å²) in [5.74, 6) is 0.913. The lowest BCUT2D eigenvalue weighted by Crippen LogP contribution is -2.13. The number of halogens is 3. The van der Waals surface area contributed by atoms with Gasteiger partial charge in [0.25, 0.3) is 0 Å². The quantitative estimate of drug-likeness (QED) is 0.373. The Kier molecular flexibility index (Phi) is 7.49. The molecule has 0 unspecified atom stereocenters. The van der Waals surface area contributed by atoms with E-state index in [4.69, 9.17) is 48.7 Å². The molecule has 150 valence electrons. The number of hydrogen-bond acceptors (Lipinski definition) is 8. The van der Waals surface area contributed by atoms with Gasteiger partial charge in [-0.2, -0.15) is 10.2 Å². The van der Waals surface area contributed by atoms with Crippen LogP contribution in [0, 0.1) is 11.3 Å². The molecule has 0 saturated carbocycles. The minimum absolute atomic E-state index is 0.0829. The smallest absolute Gasteiger partial charge is 0.232 e. The molecule has 2 heterocycles. The van der Waals surface area contributed by atoms with E-state index in [0.29, 0.717) is 42.7 Å². The van der Waals surface area contributed by atoms with Gasteiger partial charge in [-0.15, -0.1) is 0 Å². The first-order valence-corrected chi connectivity index (χ1v) is 9.47. The Balaban J connectivity index is 1.51. The number of benzene rings is 1. The topological polar surface area (TPSA) is 106 Å². The second-order valence-electron chi connectivity index (χ2n) is 5.52. The second-order valence-corrected chi connectivity index (χ2v) is 6.74. The lowest BCUT2D eigenvalue weighted by atomic mass is 10.2. The fourth-order valence-electron chi connectivity index (χ4n) is 2.26. The van der Waals surface area contributed by atoms with Crippen molar-refractivity contribution >= 4 is 40.7 Å². The van der Waals surface area contributed by atoms with Crippen molar-refractivity contribution < 1.29 is 13.9 Å². The largest absolute Gasteiger partial charge is 0.488 e. The fourth-order valence-corrected chi connectivity index (χ4v) is 2.94. The first-order chi connectivity index (χ1) is 14.1. The Morgan fingerprint density at radius 2 is 1.90 bits per heavy atom. The molecular formula is C18H14Cl3N5O3. The molecule has 0 atom stereocenters. The van der Waals surface area contributed by atoms with E-state index in [1.807, 2.05) is 6.07 Å². The molecule has 0 spiro atoms. The van der Waals surface area contributed by atoms with Crippen LogP contribution in [0.25, 0.3) is 11.5 Å². The highest BCUT2D eigenvalue weighted by Crippen LogP contribution is 2.37. The van der Waals surface area contributed by atoms with Crippen molar-refractivity contribution in [3.63, 3.8) is 0 Å². The molecule has 0 amide bonds. The summed E-state index contributed by atoms with van der Waals surface area (Å²) in [5, 5.41) is 13.1. The van der Waals surface area contributed by atoms with Crippen molar-refractivity contribution in [1.82, 2.24) is 15.0 Å². The third-order valence-electron chi connectivity index (χ3n) is 3.52. The monoisotopic (exact) mass is 453 g/mol. The molecule has 0 radical (unpaired) electrons. The number of rotatable bonds is 9. The summed E-state index contributed by atoms with van der Waals surface area (Å²) in [6.07, 6.45) is 4.56. The van der Waals surface area contributed by atoms with Crippen molar-refractivity contribution in [3.8, 4) is 23.3 Å². The molecule has 2 aromatic heterocycles. The molecule has 29 heavy (non-hydrogen) atoms. The average Bonchev–Trinajstić information content (AvgIpc) is 3.13. The van der Waals surface area contributed by atoms with Crippen LogP contribution >= 0.6 is 34.8 Å². The van der Waals surface area contributed by atoms with Crippen LogP contribution in [-0.4, -0.2) is 41.3 Å². The van der Waals surface area contributed by atoms with E-state index < -0.39 is 0 Å². The molecule has 3 rings (SSSR count). The first-order valence-electron chi connectivity index (χ1n) is 8.33. The van der Waals surface area contributed by atoms with Crippen LogP contribution in [0.4, 0.5) is 5.88 Å². The number of oxazole rings is 1. The Bertz CT molecular complexity index is 1010. The second kappa shape index (κ2) is 10.3. The number of ether oxygens (including phenoxy) is 2. The van der Waals surface area contributed by atoms with E-state index in [1.165, 1.54) is 12.4 Å². The maximum Gasteiger partial charge on any atom is 0.232 e. The van der Waals surface area contributed by atoms with Crippen LogP contribution in [0.15, 0.2) is 35.3 Å². The SMILES string of the molecule is N#Cc1nc(-c2cc(Cl)cc(Cl)c2Cl)oc1NCCOCCOc1cncnc1. The molecule has 0 saturated heterocycles. The van der Waals surface area contributed by atoms with Gasteiger partial charge in [-0.05, 0) is 12.1 Å². The van der Waals surface area contributed by atoms with Gasteiger partial charge in [-0.1, -0.05) is 34.8 Å². The van der Waals surface area contributed by atoms with Crippen molar-refractivity contribution in [3.05, 3.63) is 51.6 Å². The number of nitriles is 1. The zero-order chi connectivity index (χ0) is 20.6. The molecule has 0 aliphatic carbocycles. The minimum atomic E-state index is 0.0829. The normalized spacial score (nSPS) is 10.6. The van der Waals surface area contributed by atoms with Crippen molar-refractivity contribution in [1.29, 1.82) is 5.26 Å². The van der Waals surface area contributed by atoms with E-state index >= 15 is 0 Å². The number of aromatic nitrogens is 3. The van der Waals surface area contributed by atoms with Crippen LogP contribution < -0.4 is 10.1 Å². The number of hydrogen-bond donors (Lipinski definition) is 1. The lowest BCUT2D eigenvalue weighted by Gasteiger charge is -2.07. The zero-order valence-electron chi connectivity index (χ0n) is 14.9. The van der Waals surface area contributed by atoms with Gasteiger partial charge in [0.15, 0.2) is 5.75 Å². The molecule has 1 N–H and O–H groups in total. The third kappa shape index (κ3) is 5.71. The predicted octanol–water partition coefficient (Wildman–Crippen LogP) is 4.47. The molecule has 1 aromatic carbocycles. The number of nitrogens with zero attached hydrogens (tertiary/aromatic N) is 4. The Labute approximate surface area is 181 Å². The molecule has 3 aromatic rings. The summed E-state index contributed by atoms with van der Waals surface area (Å²) >= 11 is 18.2. The molecule has 0 aliphatic rings. The average molecular weight is 455 g/mol. The van der Waals surface area contributed by atoms with Gasteiger partial charge in [-0.3, -0.25) is 0 Å². The zero-order valence-corrected chi connectivity index (χ0v) is 17.1. The van der Waals surface area contributed by atoms with E-state index in [0.717, 1.165) is 0 Å². The molecule has 0 fully saturated rings. The summed E-state index contributed by atoms with van der Waals surface area (Å²) in [7, 11) is 0. The number of anilines is 1. The van der Waals surface area contributed by atoms with Crippen LogP contribution in [-0.2, 0) is 4.74 Å². The van der Waals surface area contributed by atoms with Crippen LogP contribution in [0.2, 0.25) is 15.1 Å². The van der Waals surface area contributed by atoms with Crippen molar-refractivity contribution in [2.24, 2.45) is 0 Å². The molecule has 0 bridgehead atoms. The summed E-state index contributed by atoms with van der Waals surface area (Å²) < 4.78 is 16.5. The van der Waals surface area contributed by atoms with Crippen LogP contribution in [0.1, 0.15) is 5.69 Å². The van der Waals surface area contributed by atoms with Gasteiger partial charge in [0.1, 0.15) is 19.0 Å². The lowest BCUT2D eigenvalue weighted by molar-refractivity contribution is 0.107. The summed E-state index contributed by atoms with van der Waals surface area (Å²) in [6.45, 7) is 1.48. The van der Waals surface area contributed by atoms with Gasteiger partial charge in [0.05, 0.1) is 41.2 Å².